The minimum absolute atomic E-state index is 0.0861. The number of piperazine rings is 1. The van der Waals surface area contributed by atoms with E-state index >= 15 is 0 Å². The van der Waals surface area contributed by atoms with E-state index in [4.69, 9.17) is 0 Å². The number of hydrogen-bond donors (Lipinski definition) is 0. The van der Waals surface area contributed by atoms with Crippen molar-refractivity contribution in [1.82, 2.24) is 24.8 Å². The van der Waals surface area contributed by atoms with Crippen molar-refractivity contribution in [2.45, 2.75) is 6.92 Å². The van der Waals surface area contributed by atoms with Crippen LogP contribution in [0.2, 0.25) is 0 Å². The van der Waals surface area contributed by atoms with Crippen LogP contribution < -0.4 is 9.80 Å². The summed E-state index contributed by atoms with van der Waals surface area (Å²) in [6.07, 6.45) is 1.56. The molecule has 0 unspecified atom stereocenters. The molecule has 8 nitrogen and oxygen atoms in total. The Morgan fingerprint density at radius 3 is 2.43 bits per heavy atom. The molecule has 8 heteroatoms. The van der Waals surface area contributed by atoms with Gasteiger partial charge in [-0.15, -0.1) is 0 Å². The number of aromatic nitrogens is 4. The van der Waals surface area contributed by atoms with E-state index in [0.29, 0.717) is 37.8 Å². The minimum Gasteiger partial charge on any atom is -0.363 e. The number of rotatable bonds is 3. The zero-order valence-corrected chi connectivity index (χ0v) is 16.3. The lowest BCUT2D eigenvalue weighted by Gasteiger charge is -2.34. The molecule has 1 aromatic carbocycles. The Hall–Kier alpha value is -3.29. The van der Waals surface area contributed by atoms with Crippen LogP contribution in [-0.4, -0.2) is 71.0 Å². The van der Waals surface area contributed by atoms with Crippen LogP contribution in [0.3, 0.4) is 0 Å². The van der Waals surface area contributed by atoms with Gasteiger partial charge in [-0.2, -0.15) is 4.98 Å². The number of fused-ring (bicyclic) bond motifs is 1. The van der Waals surface area contributed by atoms with Gasteiger partial charge >= 0.3 is 0 Å². The van der Waals surface area contributed by atoms with E-state index in [1.807, 2.05) is 61.2 Å². The van der Waals surface area contributed by atoms with Crippen molar-refractivity contribution in [1.29, 1.82) is 0 Å². The van der Waals surface area contributed by atoms with Gasteiger partial charge in [0.2, 0.25) is 5.95 Å². The molecular weight excluding hydrogens is 354 g/mol. The Morgan fingerprint density at radius 1 is 1.00 bits per heavy atom. The van der Waals surface area contributed by atoms with Crippen molar-refractivity contribution in [2.75, 3.05) is 50.1 Å². The Morgan fingerprint density at radius 2 is 1.71 bits per heavy atom. The monoisotopic (exact) mass is 377 g/mol. The lowest BCUT2D eigenvalue weighted by Crippen LogP contribution is -2.49. The molecule has 0 bridgehead atoms. The Bertz CT molecular complexity index is 1010. The van der Waals surface area contributed by atoms with Crippen LogP contribution >= 0.6 is 0 Å². The van der Waals surface area contributed by atoms with Crippen LogP contribution in [-0.2, 0) is 0 Å². The van der Waals surface area contributed by atoms with Gasteiger partial charge in [0, 0.05) is 52.0 Å². The summed E-state index contributed by atoms with van der Waals surface area (Å²) in [4.78, 5) is 36.8. The Labute approximate surface area is 163 Å². The molecule has 144 valence electrons. The van der Waals surface area contributed by atoms with Crippen LogP contribution in [0.25, 0.3) is 11.0 Å². The predicted molar refractivity (Wildman–Crippen MR) is 109 cm³/mol. The molecule has 1 amide bonds. The number of hydrogen-bond acceptors (Lipinski definition) is 7. The van der Waals surface area contributed by atoms with E-state index in [2.05, 4.69) is 24.8 Å². The molecule has 1 aliphatic heterocycles. The first kappa shape index (κ1) is 18.1. The molecule has 0 atom stereocenters. The summed E-state index contributed by atoms with van der Waals surface area (Å²) in [5.74, 6) is 1.51. The van der Waals surface area contributed by atoms with E-state index in [1.165, 1.54) is 0 Å². The second-order valence-corrected chi connectivity index (χ2v) is 7.09. The zero-order valence-electron chi connectivity index (χ0n) is 16.3. The Balaban J connectivity index is 1.47. The minimum atomic E-state index is -0.0861. The summed E-state index contributed by atoms with van der Waals surface area (Å²) in [5, 5.41) is 0. The molecule has 1 saturated heterocycles. The van der Waals surface area contributed by atoms with E-state index in [-0.39, 0.29) is 5.91 Å². The fourth-order valence-corrected chi connectivity index (χ4v) is 3.24. The normalized spacial score (nSPS) is 14.4. The maximum atomic E-state index is 12.9. The van der Waals surface area contributed by atoms with Crippen molar-refractivity contribution in [2.24, 2.45) is 0 Å². The number of amides is 1. The average molecular weight is 377 g/mol. The molecule has 1 fully saturated rings. The number of carbonyl (C=O) groups excluding carboxylic acids is 1. The maximum absolute atomic E-state index is 12.9. The fraction of sp³-hybridized carbons (Fsp3) is 0.350. The smallest absolute Gasteiger partial charge is 0.274 e. The summed E-state index contributed by atoms with van der Waals surface area (Å²) in [5.41, 5.74) is 2.83. The summed E-state index contributed by atoms with van der Waals surface area (Å²) in [6, 6.07) is 9.52. The highest BCUT2D eigenvalue weighted by atomic mass is 16.2. The van der Waals surface area contributed by atoms with Crippen molar-refractivity contribution in [3.8, 4) is 0 Å². The van der Waals surface area contributed by atoms with Gasteiger partial charge in [-0.05, 0) is 19.1 Å². The van der Waals surface area contributed by atoms with E-state index in [9.17, 15) is 4.79 Å². The molecule has 0 N–H and O–H groups in total. The topological polar surface area (TPSA) is 78.4 Å². The quantitative estimate of drug-likeness (QED) is 0.688. The molecule has 0 spiro atoms. The summed E-state index contributed by atoms with van der Waals surface area (Å²) < 4.78 is 0. The van der Waals surface area contributed by atoms with E-state index < -0.39 is 0 Å². The largest absolute Gasteiger partial charge is 0.363 e. The highest BCUT2D eigenvalue weighted by Gasteiger charge is 2.25. The highest BCUT2D eigenvalue weighted by Crippen LogP contribution is 2.18. The maximum Gasteiger partial charge on any atom is 0.274 e. The number of benzene rings is 1. The molecule has 0 radical (unpaired) electrons. The molecule has 4 rings (SSSR count). The molecular formula is C20H23N7O. The van der Waals surface area contributed by atoms with Crippen molar-refractivity contribution < 1.29 is 4.79 Å². The van der Waals surface area contributed by atoms with Crippen LogP contribution in [0, 0.1) is 6.92 Å². The van der Waals surface area contributed by atoms with Gasteiger partial charge in [0.1, 0.15) is 11.5 Å². The SMILES string of the molecule is Cc1cc(N(C)C)nc(N2CCN(C(=O)c3cnc4ccccc4n3)CC2)n1. The first-order chi connectivity index (χ1) is 13.5. The zero-order chi connectivity index (χ0) is 19.7. The van der Waals surface area contributed by atoms with Crippen molar-refractivity contribution in [3.63, 3.8) is 0 Å². The molecule has 2 aromatic heterocycles. The van der Waals surface area contributed by atoms with Gasteiger partial charge in [-0.25, -0.2) is 9.97 Å². The number of nitrogens with zero attached hydrogens (tertiary/aromatic N) is 7. The lowest BCUT2D eigenvalue weighted by atomic mass is 10.2. The fourth-order valence-electron chi connectivity index (χ4n) is 3.24. The van der Waals surface area contributed by atoms with Crippen LogP contribution in [0.4, 0.5) is 11.8 Å². The van der Waals surface area contributed by atoms with Crippen LogP contribution in [0.5, 0.6) is 0 Å². The van der Waals surface area contributed by atoms with E-state index in [1.54, 1.807) is 6.20 Å². The van der Waals surface area contributed by atoms with E-state index in [0.717, 1.165) is 22.5 Å². The van der Waals surface area contributed by atoms with Gasteiger partial charge in [0.15, 0.2) is 0 Å². The van der Waals surface area contributed by atoms with Gasteiger partial charge in [-0.1, -0.05) is 12.1 Å². The molecule has 0 saturated carbocycles. The van der Waals surface area contributed by atoms with Crippen LogP contribution in [0.15, 0.2) is 36.5 Å². The molecule has 3 aromatic rings. The second-order valence-electron chi connectivity index (χ2n) is 7.09. The third-order valence-electron chi connectivity index (χ3n) is 4.80. The highest BCUT2D eigenvalue weighted by molar-refractivity contribution is 5.94. The first-order valence-electron chi connectivity index (χ1n) is 9.30. The van der Waals surface area contributed by atoms with Crippen molar-refractivity contribution in [3.05, 3.63) is 47.9 Å². The molecule has 1 aliphatic rings. The Kier molecular flexibility index (Phi) is 4.77. The number of aryl methyl sites for hydroxylation is 1. The summed E-state index contributed by atoms with van der Waals surface area (Å²) in [6.45, 7) is 4.53. The number of para-hydroxylation sites is 2. The van der Waals surface area contributed by atoms with Gasteiger partial charge in [0.05, 0.1) is 17.2 Å². The molecule has 3 heterocycles. The summed E-state index contributed by atoms with van der Waals surface area (Å²) >= 11 is 0. The molecule has 0 aliphatic carbocycles. The average Bonchev–Trinajstić information content (AvgIpc) is 2.72. The first-order valence-corrected chi connectivity index (χ1v) is 9.30. The van der Waals surface area contributed by atoms with Crippen molar-refractivity contribution >= 4 is 28.7 Å². The van der Waals surface area contributed by atoms with Gasteiger partial charge < -0.3 is 14.7 Å². The number of carbonyl (C=O) groups is 1. The van der Waals surface area contributed by atoms with Gasteiger partial charge in [0.25, 0.3) is 5.91 Å². The molecule has 28 heavy (non-hydrogen) atoms. The third-order valence-corrected chi connectivity index (χ3v) is 4.80. The summed E-state index contributed by atoms with van der Waals surface area (Å²) in [7, 11) is 3.93. The number of anilines is 2. The standard InChI is InChI=1S/C20H23N7O/c1-14-12-18(25(2)3)24-20(22-14)27-10-8-26(9-11-27)19(28)17-13-21-15-6-4-5-7-16(15)23-17/h4-7,12-13H,8-11H2,1-3H3. The third kappa shape index (κ3) is 3.58. The van der Waals surface area contributed by atoms with Gasteiger partial charge in [-0.3, -0.25) is 9.78 Å². The predicted octanol–water partition coefficient (Wildman–Crippen LogP) is 1.76. The second kappa shape index (κ2) is 7.38. The lowest BCUT2D eigenvalue weighted by molar-refractivity contribution is 0.0740. The van der Waals surface area contributed by atoms with Crippen LogP contribution in [0.1, 0.15) is 16.2 Å².